The Labute approximate surface area is 140 Å². The lowest BCUT2D eigenvalue weighted by Gasteiger charge is -2.21. The molecule has 0 aliphatic carbocycles. The smallest absolute Gasteiger partial charge is 0.153 e. The first-order chi connectivity index (χ1) is 9.87. The Morgan fingerprint density at radius 3 is 2.62 bits per heavy atom. The number of pyridine rings is 1. The van der Waals surface area contributed by atoms with E-state index in [0.29, 0.717) is 0 Å². The molecule has 0 fully saturated rings. The molecule has 114 valence electrons. The molecule has 0 radical (unpaired) electrons. The van der Waals surface area contributed by atoms with Crippen LogP contribution in [-0.4, -0.2) is 20.3 Å². The van der Waals surface area contributed by atoms with Crippen molar-refractivity contribution in [2.24, 2.45) is 0 Å². The molecule has 2 aromatic heterocycles. The van der Waals surface area contributed by atoms with E-state index in [-0.39, 0.29) is 5.54 Å². The largest absolute Gasteiger partial charge is 0.308 e. The van der Waals surface area contributed by atoms with Gasteiger partial charge in [-0.25, -0.2) is 9.67 Å². The Morgan fingerprint density at radius 1 is 1.29 bits per heavy atom. The first-order valence-electron chi connectivity index (χ1n) is 7.33. The zero-order valence-electron chi connectivity index (χ0n) is 13.2. The number of hydrogen-bond donors (Lipinski definition) is 1. The Bertz CT molecular complexity index is 599. The molecule has 0 amide bonds. The summed E-state index contributed by atoms with van der Waals surface area (Å²) in [6, 6.07) is 4.31. The van der Waals surface area contributed by atoms with Gasteiger partial charge in [0.05, 0.1) is 9.77 Å². The molecule has 4 nitrogen and oxygen atoms in total. The molecular formula is C16H23IN4. The minimum absolute atomic E-state index is 0.107. The summed E-state index contributed by atoms with van der Waals surface area (Å²) in [5.41, 5.74) is 2.49. The fourth-order valence-corrected chi connectivity index (χ4v) is 2.42. The third-order valence-electron chi connectivity index (χ3n) is 3.04. The zero-order chi connectivity index (χ0) is 15.5. The van der Waals surface area contributed by atoms with E-state index in [0.717, 1.165) is 34.5 Å². The Morgan fingerprint density at radius 2 is 2.05 bits per heavy atom. The molecule has 0 saturated heterocycles. The van der Waals surface area contributed by atoms with Crippen LogP contribution >= 0.6 is 22.6 Å². The van der Waals surface area contributed by atoms with Crippen molar-refractivity contribution < 1.29 is 0 Å². The van der Waals surface area contributed by atoms with Gasteiger partial charge in [0.25, 0.3) is 0 Å². The quantitative estimate of drug-likeness (QED) is 0.781. The summed E-state index contributed by atoms with van der Waals surface area (Å²) in [5, 5.41) is 7.90. The van der Waals surface area contributed by atoms with Crippen molar-refractivity contribution in [2.75, 3.05) is 0 Å². The molecule has 0 aliphatic rings. The normalized spacial score (nSPS) is 11.9. The van der Waals surface area contributed by atoms with Crippen LogP contribution in [-0.2, 0) is 13.0 Å². The van der Waals surface area contributed by atoms with E-state index in [1.807, 2.05) is 17.1 Å². The lowest BCUT2D eigenvalue weighted by atomic mass is 10.1. The number of nitrogens with zero attached hydrogens (tertiary/aromatic N) is 3. The van der Waals surface area contributed by atoms with E-state index in [1.165, 1.54) is 5.56 Å². The van der Waals surface area contributed by atoms with E-state index in [9.17, 15) is 0 Å². The summed E-state index contributed by atoms with van der Waals surface area (Å²) >= 11 is 2.27. The molecule has 0 aromatic carbocycles. The number of rotatable bonds is 5. The second-order valence-corrected chi connectivity index (χ2v) is 7.53. The van der Waals surface area contributed by atoms with Crippen LogP contribution in [0.4, 0.5) is 0 Å². The van der Waals surface area contributed by atoms with Gasteiger partial charge in [-0.1, -0.05) is 13.3 Å². The first kappa shape index (κ1) is 16.4. The number of hydrogen-bond acceptors (Lipinski definition) is 3. The maximum atomic E-state index is 4.72. The van der Waals surface area contributed by atoms with E-state index in [2.05, 4.69) is 72.8 Å². The van der Waals surface area contributed by atoms with Crippen LogP contribution in [0.1, 0.15) is 45.4 Å². The van der Waals surface area contributed by atoms with E-state index >= 15 is 0 Å². The third-order valence-corrected chi connectivity index (χ3v) is 3.60. The Balaban J connectivity index is 2.30. The zero-order valence-corrected chi connectivity index (χ0v) is 15.3. The molecule has 5 heteroatoms. The highest BCUT2D eigenvalue weighted by Crippen LogP contribution is 2.14. The molecule has 1 N–H and O–H groups in total. The molecule has 2 rings (SSSR count). The fraction of sp³-hybridized carbons (Fsp3) is 0.500. The molecule has 0 aliphatic heterocycles. The van der Waals surface area contributed by atoms with Crippen molar-refractivity contribution in [2.45, 2.75) is 52.6 Å². The summed E-state index contributed by atoms with van der Waals surface area (Å²) in [5.74, 6) is 0.898. The number of aryl methyl sites for hydroxylation is 1. The summed E-state index contributed by atoms with van der Waals surface area (Å²) < 4.78 is 2.96. The van der Waals surface area contributed by atoms with Crippen LogP contribution in [0, 0.1) is 3.57 Å². The Hall–Kier alpha value is -0.950. The van der Waals surface area contributed by atoms with Gasteiger partial charge in [-0.3, -0.25) is 0 Å². The molecule has 0 spiro atoms. The first-order valence-corrected chi connectivity index (χ1v) is 8.40. The van der Waals surface area contributed by atoms with Crippen molar-refractivity contribution >= 4 is 22.6 Å². The monoisotopic (exact) mass is 398 g/mol. The standard InChI is InChI=1S/C16H23IN4/c1-5-6-14-7-12(9-18-16(2,3)4)8-15(20-14)21-11-13(17)10-19-21/h7-8,10-11,18H,5-6,9H2,1-4H3. The van der Waals surface area contributed by atoms with Gasteiger partial charge >= 0.3 is 0 Å². The highest BCUT2D eigenvalue weighted by molar-refractivity contribution is 14.1. The SMILES string of the molecule is CCCc1cc(CNC(C)(C)C)cc(-n2cc(I)cn2)n1. The van der Waals surface area contributed by atoms with Crippen LogP contribution in [0.25, 0.3) is 5.82 Å². The second-order valence-electron chi connectivity index (χ2n) is 6.28. The highest BCUT2D eigenvalue weighted by Gasteiger charge is 2.11. The van der Waals surface area contributed by atoms with Crippen molar-refractivity contribution in [1.82, 2.24) is 20.1 Å². The highest BCUT2D eigenvalue weighted by atomic mass is 127. The topological polar surface area (TPSA) is 42.7 Å². The minimum Gasteiger partial charge on any atom is -0.308 e. The molecule has 0 atom stereocenters. The Kier molecular flexibility index (Phi) is 5.37. The van der Waals surface area contributed by atoms with Crippen LogP contribution < -0.4 is 5.32 Å². The van der Waals surface area contributed by atoms with Gasteiger partial charge < -0.3 is 5.32 Å². The minimum atomic E-state index is 0.107. The van der Waals surface area contributed by atoms with Gasteiger partial charge in [0.1, 0.15) is 0 Å². The predicted molar refractivity (Wildman–Crippen MR) is 94.7 cm³/mol. The van der Waals surface area contributed by atoms with Crippen LogP contribution in [0.2, 0.25) is 0 Å². The molecule has 2 aromatic rings. The van der Waals surface area contributed by atoms with Crippen molar-refractivity contribution in [3.05, 3.63) is 39.4 Å². The maximum absolute atomic E-state index is 4.72. The molecule has 21 heavy (non-hydrogen) atoms. The van der Waals surface area contributed by atoms with Gasteiger partial charge in [0.15, 0.2) is 5.82 Å². The number of nitrogens with one attached hydrogen (secondary N) is 1. The van der Waals surface area contributed by atoms with E-state index in [4.69, 9.17) is 4.98 Å². The number of aromatic nitrogens is 3. The van der Waals surface area contributed by atoms with Crippen LogP contribution in [0.3, 0.4) is 0 Å². The lowest BCUT2D eigenvalue weighted by molar-refractivity contribution is 0.424. The van der Waals surface area contributed by atoms with E-state index in [1.54, 1.807) is 0 Å². The van der Waals surface area contributed by atoms with Crippen LogP contribution in [0.15, 0.2) is 24.5 Å². The lowest BCUT2D eigenvalue weighted by Crippen LogP contribution is -2.35. The molecule has 0 unspecified atom stereocenters. The van der Waals surface area contributed by atoms with Crippen molar-refractivity contribution in [1.29, 1.82) is 0 Å². The van der Waals surface area contributed by atoms with E-state index < -0.39 is 0 Å². The van der Waals surface area contributed by atoms with Gasteiger partial charge in [-0.2, -0.15) is 5.10 Å². The average molecular weight is 398 g/mol. The predicted octanol–water partition coefficient (Wildman–Crippen LogP) is 3.71. The number of halogens is 1. The summed E-state index contributed by atoms with van der Waals surface area (Å²) in [4.78, 5) is 4.72. The molecule has 2 heterocycles. The van der Waals surface area contributed by atoms with Gasteiger partial charge in [-0.15, -0.1) is 0 Å². The third kappa shape index (κ3) is 5.07. The molecule has 0 bridgehead atoms. The van der Waals surface area contributed by atoms with Gasteiger partial charge in [0.2, 0.25) is 0 Å². The molecule has 0 saturated carbocycles. The fourth-order valence-electron chi connectivity index (χ4n) is 2.03. The summed E-state index contributed by atoms with van der Waals surface area (Å²) in [7, 11) is 0. The van der Waals surface area contributed by atoms with Crippen LogP contribution in [0.5, 0.6) is 0 Å². The summed E-state index contributed by atoms with van der Waals surface area (Å²) in [6.45, 7) is 9.56. The average Bonchev–Trinajstić information content (AvgIpc) is 2.83. The van der Waals surface area contributed by atoms with Crippen molar-refractivity contribution in [3.63, 3.8) is 0 Å². The van der Waals surface area contributed by atoms with Gasteiger partial charge in [-0.05, 0) is 67.5 Å². The maximum Gasteiger partial charge on any atom is 0.153 e. The van der Waals surface area contributed by atoms with Crippen molar-refractivity contribution in [3.8, 4) is 5.82 Å². The molecular weight excluding hydrogens is 375 g/mol. The summed E-state index contributed by atoms with van der Waals surface area (Å²) in [6.07, 6.45) is 5.94. The second kappa shape index (κ2) is 6.87. The van der Waals surface area contributed by atoms with Gasteiger partial charge in [0, 0.05) is 24.0 Å².